The fourth-order valence-electron chi connectivity index (χ4n) is 2.59. The number of hydrogen-bond donors (Lipinski definition) is 1. The zero-order valence-electron chi connectivity index (χ0n) is 11.5. The number of nitrogens with zero attached hydrogens (tertiary/aromatic N) is 1. The molecule has 0 saturated carbocycles. The number of fused-ring (bicyclic) bond motifs is 1. The maximum Gasteiger partial charge on any atom is 0.415 e. The van der Waals surface area contributed by atoms with Gasteiger partial charge in [0, 0.05) is 12.2 Å². The average Bonchev–Trinajstić information content (AvgIpc) is 2.83. The standard InChI is InChI=1S/C16H12N2O4/c19-8-4-7-12-9-13-14(15(20)17-13)18(12)16(21)22-10-11-5-2-1-3-6-11/h1-3,5-6,13-14H,9-10H2,(H,17,20). The Balaban J connectivity index is 1.78. The molecule has 1 aromatic rings. The van der Waals surface area contributed by atoms with E-state index in [1.54, 1.807) is 0 Å². The molecular formula is C16H12N2O4. The molecule has 6 heteroatoms. The zero-order chi connectivity index (χ0) is 15.5. The van der Waals surface area contributed by atoms with Crippen molar-refractivity contribution in [2.45, 2.75) is 25.1 Å². The second-order valence-corrected chi connectivity index (χ2v) is 4.97. The summed E-state index contributed by atoms with van der Waals surface area (Å²) >= 11 is 0. The van der Waals surface area contributed by atoms with Crippen LogP contribution in [0.5, 0.6) is 0 Å². The van der Waals surface area contributed by atoms with E-state index in [0.717, 1.165) is 5.56 Å². The Bertz CT molecular complexity index is 739. The molecule has 1 N–H and O–H groups in total. The lowest BCUT2D eigenvalue weighted by Crippen LogP contribution is -2.64. The Kier molecular flexibility index (Phi) is 3.65. The largest absolute Gasteiger partial charge is 0.444 e. The van der Waals surface area contributed by atoms with Crippen molar-refractivity contribution < 1.29 is 19.1 Å². The first-order valence-electron chi connectivity index (χ1n) is 6.75. The molecule has 0 spiro atoms. The predicted molar refractivity (Wildman–Crippen MR) is 75.0 cm³/mol. The summed E-state index contributed by atoms with van der Waals surface area (Å²) in [6, 6.07) is 8.47. The van der Waals surface area contributed by atoms with Crippen molar-refractivity contribution in [3.8, 4) is 0 Å². The molecule has 1 aromatic carbocycles. The van der Waals surface area contributed by atoms with Gasteiger partial charge in [-0.1, -0.05) is 30.3 Å². The third kappa shape index (κ3) is 2.46. The molecule has 0 aromatic heterocycles. The number of hydrogen-bond acceptors (Lipinski definition) is 4. The van der Waals surface area contributed by atoms with Crippen molar-refractivity contribution in [3.05, 3.63) is 53.1 Å². The molecule has 3 rings (SSSR count). The van der Waals surface area contributed by atoms with Gasteiger partial charge in [-0.3, -0.25) is 9.69 Å². The van der Waals surface area contributed by atoms with E-state index in [1.165, 1.54) is 10.8 Å². The highest BCUT2D eigenvalue weighted by Gasteiger charge is 2.53. The minimum atomic E-state index is -0.638. The van der Waals surface area contributed by atoms with E-state index in [9.17, 15) is 14.4 Å². The third-order valence-electron chi connectivity index (χ3n) is 3.62. The van der Waals surface area contributed by atoms with E-state index < -0.39 is 12.1 Å². The molecule has 2 amide bonds. The van der Waals surface area contributed by atoms with Crippen LogP contribution in [0.15, 0.2) is 47.5 Å². The number of carbonyl (C=O) groups is 2. The van der Waals surface area contributed by atoms with Crippen LogP contribution in [0, 0.1) is 0 Å². The molecule has 2 aliphatic heterocycles. The van der Waals surface area contributed by atoms with Gasteiger partial charge in [-0.25, -0.2) is 9.59 Å². The molecule has 2 heterocycles. The van der Waals surface area contributed by atoms with Gasteiger partial charge in [0.2, 0.25) is 5.91 Å². The minimum Gasteiger partial charge on any atom is -0.444 e. The lowest BCUT2D eigenvalue weighted by atomic mass is 10.0. The van der Waals surface area contributed by atoms with Crippen LogP contribution in [-0.4, -0.2) is 34.9 Å². The van der Waals surface area contributed by atoms with Gasteiger partial charge in [-0.2, -0.15) is 0 Å². The van der Waals surface area contributed by atoms with Crippen LogP contribution in [0.3, 0.4) is 0 Å². The normalized spacial score (nSPS) is 21.7. The molecule has 0 radical (unpaired) electrons. The van der Waals surface area contributed by atoms with Crippen molar-refractivity contribution in [2.75, 3.05) is 0 Å². The van der Waals surface area contributed by atoms with Gasteiger partial charge < -0.3 is 10.1 Å². The summed E-state index contributed by atoms with van der Waals surface area (Å²) in [4.78, 5) is 35.4. The number of benzene rings is 1. The van der Waals surface area contributed by atoms with Gasteiger partial charge >= 0.3 is 6.09 Å². The number of nitrogens with one attached hydrogen (secondary N) is 1. The molecular weight excluding hydrogens is 284 g/mol. The number of β-lactam (4-membered cyclic amide) rings is 1. The number of amides is 2. The van der Waals surface area contributed by atoms with Crippen molar-refractivity contribution in [1.29, 1.82) is 0 Å². The molecule has 0 aliphatic carbocycles. The van der Waals surface area contributed by atoms with E-state index in [1.807, 2.05) is 30.3 Å². The van der Waals surface area contributed by atoms with Crippen molar-refractivity contribution in [1.82, 2.24) is 10.2 Å². The molecule has 2 aliphatic rings. The van der Waals surface area contributed by atoms with Crippen molar-refractivity contribution in [3.63, 3.8) is 0 Å². The predicted octanol–water partition coefficient (Wildman–Crippen LogP) is 0.922. The molecule has 0 bridgehead atoms. The maximum absolute atomic E-state index is 12.3. The van der Waals surface area contributed by atoms with E-state index >= 15 is 0 Å². The van der Waals surface area contributed by atoms with E-state index in [2.05, 4.69) is 16.8 Å². The van der Waals surface area contributed by atoms with Gasteiger partial charge in [0.05, 0.1) is 11.7 Å². The average molecular weight is 296 g/mol. The fraction of sp³-hybridized carbons (Fsp3) is 0.250. The summed E-state index contributed by atoms with van der Waals surface area (Å²) < 4.78 is 5.24. The van der Waals surface area contributed by atoms with Crippen LogP contribution in [0.1, 0.15) is 12.0 Å². The van der Waals surface area contributed by atoms with E-state index in [0.29, 0.717) is 12.1 Å². The first kappa shape index (κ1) is 13.9. The summed E-state index contributed by atoms with van der Waals surface area (Å²) in [6.45, 7) is 0.107. The minimum absolute atomic E-state index is 0.107. The Morgan fingerprint density at radius 3 is 2.82 bits per heavy atom. The highest BCUT2D eigenvalue weighted by atomic mass is 16.6. The maximum atomic E-state index is 12.3. The monoisotopic (exact) mass is 296 g/mol. The summed E-state index contributed by atoms with van der Waals surface area (Å²) in [7, 11) is 0. The van der Waals surface area contributed by atoms with Gasteiger partial charge in [0.25, 0.3) is 0 Å². The molecule has 2 fully saturated rings. The number of carbonyl (C=O) groups excluding carboxylic acids is 3. The van der Waals surface area contributed by atoms with Crippen LogP contribution in [0.2, 0.25) is 0 Å². The lowest BCUT2D eigenvalue weighted by Gasteiger charge is -2.34. The Labute approximate surface area is 126 Å². The van der Waals surface area contributed by atoms with Crippen LogP contribution >= 0.6 is 0 Å². The summed E-state index contributed by atoms with van der Waals surface area (Å²) in [6.07, 6.45) is -0.229. The molecule has 22 heavy (non-hydrogen) atoms. The SMILES string of the molecule is O=C=C=C=C1CC2NC(=O)C2N1C(=O)OCc1ccccc1. The van der Waals surface area contributed by atoms with Crippen molar-refractivity contribution >= 4 is 17.9 Å². The topological polar surface area (TPSA) is 75.7 Å². The van der Waals surface area contributed by atoms with Crippen LogP contribution < -0.4 is 5.32 Å². The lowest BCUT2D eigenvalue weighted by molar-refractivity contribution is -0.133. The van der Waals surface area contributed by atoms with Gasteiger partial charge in [-0.05, 0) is 11.3 Å². The summed E-state index contributed by atoms with van der Waals surface area (Å²) in [5.74, 6) is 1.22. The second kappa shape index (κ2) is 5.76. The highest BCUT2D eigenvalue weighted by Crippen LogP contribution is 2.33. The summed E-state index contributed by atoms with van der Waals surface area (Å²) in [5, 5.41) is 2.69. The van der Waals surface area contributed by atoms with Gasteiger partial charge in [0.15, 0.2) is 5.94 Å². The van der Waals surface area contributed by atoms with Crippen LogP contribution in [0.25, 0.3) is 0 Å². The van der Waals surface area contributed by atoms with Crippen LogP contribution in [-0.2, 0) is 20.9 Å². The van der Waals surface area contributed by atoms with Gasteiger partial charge in [0.1, 0.15) is 12.6 Å². The Morgan fingerprint density at radius 2 is 2.14 bits per heavy atom. The van der Waals surface area contributed by atoms with E-state index in [4.69, 9.17) is 4.74 Å². The Morgan fingerprint density at radius 1 is 1.36 bits per heavy atom. The molecule has 2 unspecified atom stereocenters. The van der Waals surface area contributed by atoms with Crippen LogP contribution in [0.4, 0.5) is 4.79 Å². The first-order chi connectivity index (χ1) is 10.7. The fourth-order valence-corrected chi connectivity index (χ4v) is 2.59. The van der Waals surface area contributed by atoms with E-state index in [-0.39, 0.29) is 18.6 Å². The van der Waals surface area contributed by atoms with Crippen molar-refractivity contribution in [2.24, 2.45) is 0 Å². The molecule has 2 saturated heterocycles. The third-order valence-corrected chi connectivity index (χ3v) is 3.62. The Hall–Kier alpha value is -3.03. The highest BCUT2D eigenvalue weighted by molar-refractivity contribution is 5.94. The van der Waals surface area contributed by atoms with Gasteiger partial charge in [-0.15, -0.1) is 0 Å². The smallest absolute Gasteiger partial charge is 0.415 e. The number of rotatable bonds is 2. The second-order valence-electron chi connectivity index (χ2n) is 4.97. The quantitative estimate of drug-likeness (QED) is 0.500. The number of likely N-dealkylation sites (tertiary alicyclic amines) is 1. The molecule has 110 valence electrons. The molecule has 2 atom stereocenters. The summed E-state index contributed by atoms with van der Waals surface area (Å²) in [5.41, 5.74) is 5.95. The zero-order valence-corrected chi connectivity index (χ0v) is 11.5. The number of ether oxygens (including phenoxy) is 1. The first-order valence-corrected chi connectivity index (χ1v) is 6.75. The molecule has 6 nitrogen and oxygen atoms in total.